The van der Waals surface area contributed by atoms with Gasteiger partial charge in [0.05, 0.1) is 29.4 Å². The first kappa shape index (κ1) is 28.0. The number of benzene rings is 2. The molecule has 5 aromatic rings. The van der Waals surface area contributed by atoms with Crippen molar-refractivity contribution in [3.05, 3.63) is 113 Å². The molecule has 44 heavy (non-hydrogen) atoms. The number of hydrogen-bond donors (Lipinski definition) is 3. The fraction of sp³-hybridized carbons (Fsp3) is 0.111. The van der Waals surface area contributed by atoms with Crippen LogP contribution in [-0.4, -0.2) is 31.4 Å². The van der Waals surface area contributed by atoms with Gasteiger partial charge in [-0.15, -0.1) is 0 Å². The number of aromatic amines is 2. The molecule has 5 heterocycles. The molecule has 8 heteroatoms. The van der Waals surface area contributed by atoms with Gasteiger partial charge in [-0.1, -0.05) is 59.7 Å². The van der Waals surface area contributed by atoms with Gasteiger partial charge in [0.15, 0.2) is 0 Å². The van der Waals surface area contributed by atoms with Crippen LogP contribution >= 0.6 is 7.60 Å². The first-order valence-electron chi connectivity index (χ1n) is 14.5. The number of aryl methyl sites for hydroxylation is 2. The zero-order chi connectivity index (χ0) is 30.4. The number of aromatic nitrogens is 4. The quantitative estimate of drug-likeness (QED) is 0.173. The molecule has 218 valence electrons. The average molecular weight is 599 g/mol. The Labute approximate surface area is 255 Å². The van der Waals surface area contributed by atoms with Crippen LogP contribution in [0.4, 0.5) is 0 Å². The summed E-state index contributed by atoms with van der Waals surface area (Å²) >= 11 is 0. The molecule has 1 atom stereocenters. The van der Waals surface area contributed by atoms with Crippen LogP contribution in [0.5, 0.6) is 0 Å². The standard InChI is InChI=1S/C36H31N4O3P/c1-4-43-44(41,42)36-32-19-17-30(39-32)34(24-9-5-22(2)6-10-24)28-15-13-26(37-28)21-27-14-16-29(38-27)35(31-18-20-33(36)40-31)25-11-7-23(3)8-12-25/h5-21,37-38H,4H2,1-3H3,(H,41,42). The molecule has 3 aromatic heterocycles. The summed E-state index contributed by atoms with van der Waals surface area (Å²) in [6.45, 7) is 5.86. The van der Waals surface area contributed by atoms with Gasteiger partial charge < -0.3 is 19.4 Å². The molecule has 0 spiro atoms. The summed E-state index contributed by atoms with van der Waals surface area (Å²) in [6, 6.07) is 26.7. The number of hydrogen-bond acceptors (Lipinski definition) is 4. The van der Waals surface area contributed by atoms with Crippen molar-refractivity contribution >= 4 is 59.3 Å². The fourth-order valence-electron chi connectivity index (χ4n) is 5.70. The number of nitrogens with one attached hydrogen (secondary N) is 2. The number of H-pyrrole nitrogens is 2. The van der Waals surface area contributed by atoms with E-state index in [9.17, 15) is 9.46 Å². The van der Waals surface area contributed by atoms with Gasteiger partial charge in [-0.3, -0.25) is 4.57 Å². The van der Waals surface area contributed by atoms with Gasteiger partial charge in [-0.05, 0) is 86.5 Å². The molecule has 7 nitrogen and oxygen atoms in total. The smallest absolute Gasteiger partial charge is 0.355 e. The zero-order valence-corrected chi connectivity index (χ0v) is 25.5. The Morgan fingerprint density at radius 2 is 1.09 bits per heavy atom. The average Bonchev–Trinajstić information content (AvgIpc) is 3.81. The van der Waals surface area contributed by atoms with Gasteiger partial charge >= 0.3 is 7.60 Å². The summed E-state index contributed by atoms with van der Waals surface area (Å²) in [5.74, 6) is 0. The van der Waals surface area contributed by atoms with Gasteiger partial charge in [-0.25, -0.2) is 9.97 Å². The summed E-state index contributed by atoms with van der Waals surface area (Å²) < 4.78 is 19.3. The SMILES string of the molecule is CCOP(=O)(O)c1c2nc(c(-c3ccc(C)cc3)c3ccc(cc4ccc([nH]4)c(-c4ccc(C)cc4)c4nc1C=C4)[nH]3)C=C2. The molecule has 0 fully saturated rings. The zero-order valence-electron chi connectivity index (χ0n) is 24.6. The molecule has 0 saturated carbocycles. The van der Waals surface area contributed by atoms with Crippen LogP contribution in [0, 0.1) is 13.8 Å². The van der Waals surface area contributed by atoms with Crippen molar-refractivity contribution < 1.29 is 14.0 Å². The van der Waals surface area contributed by atoms with Gasteiger partial charge in [0.1, 0.15) is 5.30 Å². The van der Waals surface area contributed by atoms with E-state index in [-0.39, 0.29) is 11.9 Å². The molecule has 8 bridgehead atoms. The predicted molar refractivity (Wildman–Crippen MR) is 180 cm³/mol. The Kier molecular flexibility index (Phi) is 7.02. The monoisotopic (exact) mass is 598 g/mol. The summed E-state index contributed by atoms with van der Waals surface area (Å²) in [7, 11) is -4.30. The molecule has 2 aliphatic rings. The van der Waals surface area contributed by atoms with Crippen LogP contribution in [0.1, 0.15) is 40.8 Å². The number of nitrogens with zero attached hydrogens (tertiary/aromatic N) is 2. The van der Waals surface area contributed by atoms with Crippen LogP contribution in [-0.2, 0) is 9.09 Å². The van der Waals surface area contributed by atoms with E-state index in [4.69, 9.17) is 14.5 Å². The van der Waals surface area contributed by atoms with Crippen LogP contribution < -0.4 is 5.30 Å². The second kappa shape index (κ2) is 11.0. The van der Waals surface area contributed by atoms with Crippen molar-refractivity contribution in [1.82, 2.24) is 19.9 Å². The lowest BCUT2D eigenvalue weighted by Crippen LogP contribution is -2.15. The van der Waals surface area contributed by atoms with Gasteiger partial charge in [0.25, 0.3) is 0 Å². The highest BCUT2D eigenvalue weighted by Crippen LogP contribution is 2.44. The lowest BCUT2D eigenvalue weighted by molar-refractivity contribution is 0.284. The van der Waals surface area contributed by atoms with Crippen molar-refractivity contribution in [2.75, 3.05) is 6.61 Å². The lowest BCUT2D eigenvalue weighted by atomic mass is 10.0. The molecule has 0 saturated heterocycles. The van der Waals surface area contributed by atoms with E-state index in [2.05, 4.69) is 78.4 Å². The van der Waals surface area contributed by atoms with E-state index in [0.717, 1.165) is 55.4 Å². The molecule has 2 aromatic carbocycles. The minimum Gasteiger partial charge on any atom is -0.355 e. The lowest BCUT2D eigenvalue weighted by Gasteiger charge is -2.12. The first-order chi connectivity index (χ1) is 21.3. The van der Waals surface area contributed by atoms with Crippen molar-refractivity contribution in [3.8, 4) is 22.3 Å². The Morgan fingerprint density at radius 1 is 0.659 bits per heavy atom. The van der Waals surface area contributed by atoms with Crippen molar-refractivity contribution in [2.45, 2.75) is 20.8 Å². The van der Waals surface area contributed by atoms with Crippen molar-refractivity contribution in [3.63, 3.8) is 0 Å². The third-order valence-electron chi connectivity index (χ3n) is 7.81. The number of fused-ring (bicyclic) bond motifs is 8. The molecule has 0 aliphatic carbocycles. The van der Waals surface area contributed by atoms with Crippen LogP contribution in [0.25, 0.3) is 68.6 Å². The Bertz CT molecular complexity index is 2050. The highest BCUT2D eigenvalue weighted by atomic mass is 31.2. The summed E-state index contributed by atoms with van der Waals surface area (Å²) in [5, 5.41) is 0.0724. The molecule has 1 unspecified atom stereocenters. The Morgan fingerprint density at radius 3 is 1.52 bits per heavy atom. The number of rotatable bonds is 5. The third-order valence-corrected chi connectivity index (χ3v) is 9.44. The van der Waals surface area contributed by atoms with E-state index in [1.54, 1.807) is 19.1 Å². The fourth-order valence-corrected chi connectivity index (χ4v) is 7.01. The highest BCUT2D eigenvalue weighted by Gasteiger charge is 2.31. The van der Waals surface area contributed by atoms with Crippen LogP contribution in [0.3, 0.4) is 0 Å². The third kappa shape index (κ3) is 5.16. The first-order valence-corrected chi connectivity index (χ1v) is 16.1. The summed E-state index contributed by atoms with van der Waals surface area (Å²) in [5.41, 5.74) is 11.6. The molecular weight excluding hydrogens is 567 g/mol. The largest absolute Gasteiger partial charge is 0.363 e. The highest BCUT2D eigenvalue weighted by molar-refractivity contribution is 7.61. The molecule has 0 amide bonds. The second-order valence-corrected chi connectivity index (χ2v) is 12.7. The van der Waals surface area contributed by atoms with E-state index >= 15 is 0 Å². The minimum atomic E-state index is -4.30. The van der Waals surface area contributed by atoms with E-state index in [0.29, 0.717) is 22.8 Å². The molecule has 0 radical (unpaired) electrons. The van der Waals surface area contributed by atoms with Gasteiger partial charge in [0.2, 0.25) is 0 Å². The van der Waals surface area contributed by atoms with Crippen LogP contribution in [0.2, 0.25) is 0 Å². The predicted octanol–water partition coefficient (Wildman–Crippen LogP) is 8.45. The minimum absolute atomic E-state index is 0.0624. The molecule has 3 N–H and O–H groups in total. The van der Waals surface area contributed by atoms with Crippen molar-refractivity contribution in [1.29, 1.82) is 0 Å². The van der Waals surface area contributed by atoms with E-state index in [1.165, 1.54) is 0 Å². The maximum Gasteiger partial charge on any atom is 0.363 e. The normalized spacial score (nSPS) is 13.7. The molecule has 2 aliphatic heterocycles. The maximum absolute atomic E-state index is 13.8. The second-order valence-electron chi connectivity index (χ2n) is 11.0. The summed E-state index contributed by atoms with van der Waals surface area (Å²) in [6.07, 6.45) is 7.29. The molecular formula is C36H31N4O3P. The van der Waals surface area contributed by atoms with E-state index in [1.807, 2.05) is 36.4 Å². The van der Waals surface area contributed by atoms with E-state index < -0.39 is 7.60 Å². The Balaban J connectivity index is 1.64. The Hall–Kier alpha value is -4.81. The maximum atomic E-state index is 13.8. The topological polar surface area (TPSA) is 104 Å². The van der Waals surface area contributed by atoms with Crippen molar-refractivity contribution in [2.24, 2.45) is 0 Å². The van der Waals surface area contributed by atoms with Gasteiger partial charge in [0, 0.05) is 33.2 Å². The molecule has 7 rings (SSSR count). The van der Waals surface area contributed by atoms with Gasteiger partial charge in [-0.2, -0.15) is 0 Å². The van der Waals surface area contributed by atoms with Crippen LogP contribution in [0.15, 0.2) is 78.9 Å². The summed E-state index contributed by atoms with van der Waals surface area (Å²) in [4.78, 5) is 28.3.